The lowest BCUT2D eigenvalue weighted by Gasteiger charge is -2.30. The first kappa shape index (κ1) is 18.1. The Hall–Kier alpha value is -1.67. The Kier molecular flexibility index (Phi) is 5.58. The van der Waals surface area contributed by atoms with Crippen molar-refractivity contribution < 1.29 is 17.9 Å². The predicted molar refractivity (Wildman–Crippen MR) is 93.4 cm³/mol. The number of ether oxygens (including phenoxy) is 1. The maximum Gasteiger partial charge on any atom is 0.224 e. The first-order valence-electron chi connectivity index (χ1n) is 8.72. The molecule has 1 aromatic heterocycles. The van der Waals surface area contributed by atoms with Gasteiger partial charge in [0.05, 0.1) is 18.8 Å². The highest BCUT2D eigenvalue weighted by Crippen LogP contribution is 2.29. The van der Waals surface area contributed by atoms with Crippen molar-refractivity contribution in [2.45, 2.75) is 32.2 Å². The maximum atomic E-state index is 12.3. The summed E-state index contributed by atoms with van der Waals surface area (Å²) in [5.41, 5.74) is 0.892. The van der Waals surface area contributed by atoms with Gasteiger partial charge in [0.25, 0.3) is 0 Å². The highest BCUT2D eigenvalue weighted by Gasteiger charge is 2.30. The fourth-order valence-electron chi connectivity index (χ4n) is 2.88. The van der Waals surface area contributed by atoms with E-state index in [1.165, 1.54) is 23.4 Å². The SMILES string of the molecule is CS(=O)(=O)N1CCCC(C(=O)NCc2ccc(OCC3CC3)nc2)C1. The Morgan fingerprint density at radius 1 is 1.36 bits per heavy atom. The molecule has 7 nitrogen and oxygen atoms in total. The second-order valence-corrected chi connectivity index (χ2v) is 8.92. The van der Waals surface area contributed by atoms with Crippen LogP contribution in [0.15, 0.2) is 18.3 Å². The molecule has 1 aliphatic carbocycles. The average molecular weight is 367 g/mol. The molecule has 1 aromatic rings. The number of hydrogen-bond donors (Lipinski definition) is 1. The van der Waals surface area contributed by atoms with Crippen LogP contribution in [-0.4, -0.2) is 49.6 Å². The van der Waals surface area contributed by atoms with E-state index in [-0.39, 0.29) is 18.4 Å². The number of nitrogens with one attached hydrogen (secondary N) is 1. The van der Waals surface area contributed by atoms with Gasteiger partial charge < -0.3 is 10.1 Å². The van der Waals surface area contributed by atoms with Gasteiger partial charge in [-0.3, -0.25) is 4.79 Å². The normalized spacial score (nSPS) is 21.7. The van der Waals surface area contributed by atoms with Crippen LogP contribution in [0.3, 0.4) is 0 Å². The molecule has 1 saturated heterocycles. The Bertz CT molecular complexity index is 701. The minimum absolute atomic E-state index is 0.109. The summed E-state index contributed by atoms with van der Waals surface area (Å²) < 4.78 is 30.2. The number of hydrogen-bond acceptors (Lipinski definition) is 5. The molecule has 0 aromatic carbocycles. The molecule has 1 amide bonds. The molecule has 8 heteroatoms. The molecule has 2 heterocycles. The monoisotopic (exact) mass is 367 g/mol. The fraction of sp³-hybridized carbons (Fsp3) is 0.647. The number of nitrogens with zero attached hydrogens (tertiary/aromatic N) is 2. The number of piperidine rings is 1. The van der Waals surface area contributed by atoms with Gasteiger partial charge in [0.1, 0.15) is 0 Å². The van der Waals surface area contributed by atoms with Crippen LogP contribution in [-0.2, 0) is 21.4 Å². The summed E-state index contributed by atoms with van der Waals surface area (Å²) in [4.78, 5) is 16.6. The van der Waals surface area contributed by atoms with Gasteiger partial charge in [-0.1, -0.05) is 6.07 Å². The van der Waals surface area contributed by atoms with Gasteiger partial charge in [-0.25, -0.2) is 17.7 Å². The van der Waals surface area contributed by atoms with Gasteiger partial charge in [0, 0.05) is 31.9 Å². The third-order valence-electron chi connectivity index (χ3n) is 4.65. The van der Waals surface area contributed by atoms with Gasteiger partial charge in [-0.15, -0.1) is 0 Å². The molecule has 1 saturated carbocycles. The van der Waals surface area contributed by atoms with Crippen LogP contribution in [0.5, 0.6) is 5.88 Å². The van der Waals surface area contributed by atoms with Crippen LogP contribution in [0.2, 0.25) is 0 Å². The van der Waals surface area contributed by atoms with Gasteiger partial charge >= 0.3 is 0 Å². The first-order valence-corrected chi connectivity index (χ1v) is 10.6. The highest BCUT2D eigenvalue weighted by atomic mass is 32.2. The van der Waals surface area contributed by atoms with Crippen molar-refractivity contribution in [3.63, 3.8) is 0 Å². The molecule has 1 unspecified atom stereocenters. The van der Waals surface area contributed by atoms with Gasteiger partial charge in [0.15, 0.2) is 0 Å². The molecule has 138 valence electrons. The van der Waals surface area contributed by atoms with Crippen molar-refractivity contribution in [3.8, 4) is 5.88 Å². The van der Waals surface area contributed by atoms with E-state index in [9.17, 15) is 13.2 Å². The van der Waals surface area contributed by atoms with Crippen molar-refractivity contribution in [2.24, 2.45) is 11.8 Å². The quantitative estimate of drug-likeness (QED) is 0.781. The Morgan fingerprint density at radius 2 is 2.16 bits per heavy atom. The topological polar surface area (TPSA) is 88.6 Å². The number of carbonyl (C=O) groups is 1. The van der Waals surface area contributed by atoms with Crippen LogP contribution in [0, 0.1) is 11.8 Å². The summed E-state index contributed by atoms with van der Waals surface area (Å²) in [5.74, 6) is 0.890. The third kappa shape index (κ3) is 5.40. The zero-order chi connectivity index (χ0) is 17.9. The molecular formula is C17H25N3O4S. The molecular weight excluding hydrogens is 342 g/mol. The summed E-state index contributed by atoms with van der Waals surface area (Å²) in [5, 5.41) is 2.88. The summed E-state index contributed by atoms with van der Waals surface area (Å²) in [7, 11) is -3.24. The molecule has 0 radical (unpaired) electrons. The number of carbonyl (C=O) groups excluding carboxylic acids is 1. The first-order chi connectivity index (χ1) is 11.9. The molecule has 2 aliphatic rings. The number of sulfonamides is 1. The Labute approximate surface area is 148 Å². The zero-order valence-electron chi connectivity index (χ0n) is 14.5. The predicted octanol–water partition coefficient (Wildman–Crippen LogP) is 1.16. The molecule has 0 spiro atoms. The van der Waals surface area contributed by atoms with E-state index in [1.54, 1.807) is 6.20 Å². The van der Waals surface area contributed by atoms with Crippen LogP contribution >= 0.6 is 0 Å². The van der Waals surface area contributed by atoms with Gasteiger partial charge in [-0.05, 0) is 37.2 Å². The molecule has 3 rings (SSSR count). The van der Waals surface area contributed by atoms with E-state index in [0.717, 1.165) is 12.2 Å². The summed E-state index contributed by atoms with van der Waals surface area (Å²) >= 11 is 0. The number of rotatable bonds is 7. The molecule has 1 atom stereocenters. The Balaban J connectivity index is 1.46. The van der Waals surface area contributed by atoms with E-state index in [4.69, 9.17) is 4.74 Å². The van der Waals surface area contributed by atoms with Crippen molar-refractivity contribution in [1.29, 1.82) is 0 Å². The van der Waals surface area contributed by atoms with E-state index in [1.807, 2.05) is 12.1 Å². The lowest BCUT2D eigenvalue weighted by Crippen LogP contribution is -2.44. The van der Waals surface area contributed by atoms with Crippen LogP contribution in [0.4, 0.5) is 0 Å². The summed E-state index contributed by atoms with van der Waals surface area (Å²) in [6, 6.07) is 3.70. The number of pyridine rings is 1. The summed E-state index contributed by atoms with van der Waals surface area (Å²) in [6.07, 6.45) is 6.78. The van der Waals surface area contributed by atoms with Crippen LogP contribution in [0.1, 0.15) is 31.2 Å². The molecule has 1 N–H and O–H groups in total. The Morgan fingerprint density at radius 3 is 2.80 bits per heavy atom. The maximum absolute atomic E-state index is 12.3. The van der Waals surface area contributed by atoms with Crippen molar-refractivity contribution in [2.75, 3.05) is 26.0 Å². The molecule has 1 aliphatic heterocycles. The van der Waals surface area contributed by atoms with E-state index in [2.05, 4.69) is 10.3 Å². The van der Waals surface area contributed by atoms with Gasteiger partial charge in [-0.2, -0.15) is 0 Å². The zero-order valence-corrected chi connectivity index (χ0v) is 15.3. The third-order valence-corrected chi connectivity index (χ3v) is 5.92. The fourth-order valence-corrected chi connectivity index (χ4v) is 3.79. The minimum atomic E-state index is -3.24. The van der Waals surface area contributed by atoms with E-state index < -0.39 is 10.0 Å². The van der Waals surface area contributed by atoms with E-state index in [0.29, 0.717) is 37.7 Å². The van der Waals surface area contributed by atoms with Crippen LogP contribution < -0.4 is 10.1 Å². The highest BCUT2D eigenvalue weighted by molar-refractivity contribution is 7.88. The number of aromatic nitrogens is 1. The standard InChI is InChI=1S/C17H25N3O4S/c1-25(22,23)20-8-2-3-15(11-20)17(21)19-10-14-6-7-16(18-9-14)24-12-13-4-5-13/h6-7,9,13,15H,2-5,8,10-12H2,1H3,(H,19,21). The molecule has 2 fully saturated rings. The smallest absolute Gasteiger partial charge is 0.224 e. The van der Waals surface area contributed by atoms with E-state index >= 15 is 0 Å². The van der Waals surface area contributed by atoms with Crippen molar-refractivity contribution in [3.05, 3.63) is 23.9 Å². The van der Waals surface area contributed by atoms with Crippen molar-refractivity contribution in [1.82, 2.24) is 14.6 Å². The van der Waals surface area contributed by atoms with Gasteiger partial charge in [0.2, 0.25) is 21.8 Å². The second kappa shape index (κ2) is 7.70. The number of amides is 1. The molecule has 25 heavy (non-hydrogen) atoms. The molecule has 0 bridgehead atoms. The lowest BCUT2D eigenvalue weighted by atomic mass is 9.99. The summed E-state index contributed by atoms with van der Waals surface area (Å²) in [6.45, 7) is 1.86. The average Bonchev–Trinajstić information content (AvgIpc) is 3.42. The lowest BCUT2D eigenvalue weighted by molar-refractivity contribution is -0.126. The second-order valence-electron chi connectivity index (χ2n) is 6.94. The van der Waals surface area contributed by atoms with Crippen LogP contribution in [0.25, 0.3) is 0 Å². The largest absolute Gasteiger partial charge is 0.477 e. The minimum Gasteiger partial charge on any atom is -0.477 e. The van der Waals surface area contributed by atoms with Crippen molar-refractivity contribution >= 4 is 15.9 Å².